The van der Waals surface area contributed by atoms with Gasteiger partial charge in [-0.1, -0.05) is 6.92 Å². The predicted molar refractivity (Wildman–Crippen MR) is 120 cm³/mol. The van der Waals surface area contributed by atoms with Crippen LogP contribution >= 0.6 is 0 Å². The smallest absolute Gasteiger partial charge is 0.383 e. The summed E-state index contributed by atoms with van der Waals surface area (Å²) >= 11 is 0. The highest BCUT2D eigenvalue weighted by molar-refractivity contribution is 5.63. The number of halogens is 3. The minimum atomic E-state index is -4.55. The number of alkyl halides is 3. The Kier molecular flexibility index (Phi) is 5.89. The number of nitrogens with two attached hydrogens (primary N) is 1. The van der Waals surface area contributed by atoms with E-state index in [1.165, 1.54) is 19.0 Å². The van der Waals surface area contributed by atoms with E-state index in [-0.39, 0.29) is 6.04 Å². The molecule has 2 N–H and O–H groups in total. The van der Waals surface area contributed by atoms with Crippen molar-refractivity contribution in [3.8, 4) is 11.3 Å². The van der Waals surface area contributed by atoms with Gasteiger partial charge >= 0.3 is 6.18 Å². The van der Waals surface area contributed by atoms with Gasteiger partial charge < -0.3 is 10.5 Å². The van der Waals surface area contributed by atoms with Gasteiger partial charge in [0.1, 0.15) is 5.82 Å². The van der Waals surface area contributed by atoms with E-state index in [1.807, 2.05) is 10.7 Å². The van der Waals surface area contributed by atoms with Crippen LogP contribution in [0.5, 0.6) is 0 Å². The fourth-order valence-corrected chi connectivity index (χ4v) is 5.85. The molecule has 0 radical (unpaired) electrons. The van der Waals surface area contributed by atoms with E-state index in [9.17, 15) is 13.2 Å². The number of hydrogen-bond donors (Lipinski definition) is 1. The molecule has 2 aromatic rings. The Morgan fingerprint density at radius 3 is 2.64 bits per heavy atom. The number of rotatable bonds is 5. The van der Waals surface area contributed by atoms with Crippen molar-refractivity contribution in [3.63, 3.8) is 0 Å². The summed E-state index contributed by atoms with van der Waals surface area (Å²) in [6.07, 6.45) is 1.20. The lowest BCUT2D eigenvalue weighted by atomic mass is 10.0. The van der Waals surface area contributed by atoms with E-state index >= 15 is 0 Å². The van der Waals surface area contributed by atoms with Crippen LogP contribution in [0.4, 0.5) is 19.0 Å². The Morgan fingerprint density at radius 2 is 1.94 bits per heavy atom. The maximum Gasteiger partial charge on any atom is 0.419 e. The van der Waals surface area contributed by atoms with Crippen molar-refractivity contribution in [1.29, 1.82) is 0 Å². The Labute approximate surface area is 192 Å². The van der Waals surface area contributed by atoms with Crippen LogP contribution < -0.4 is 5.73 Å². The fourth-order valence-electron chi connectivity index (χ4n) is 5.85. The molecular formula is C24H32F3N5O. The molecule has 1 aliphatic heterocycles. The van der Waals surface area contributed by atoms with Gasteiger partial charge in [0.05, 0.1) is 17.9 Å². The van der Waals surface area contributed by atoms with Crippen LogP contribution in [0.1, 0.15) is 62.7 Å². The van der Waals surface area contributed by atoms with Gasteiger partial charge in [0.15, 0.2) is 0 Å². The number of nitrogens with zero attached hydrogens (tertiary/aromatic N) is 4. The third-order valence-corrected chi connectivity index (χ3v) is 7.83. The molecule has 0 spiro atoms. The highest BCUT2D eigenvalue weighted by Crippen LogP contribution is 2.64. The molecule has 0 aromatic carbocycles. The summed E-state index contributed by atoms with van der Waals surface area (Å²) in [5.74, 6) is 1.18. The maximum absolute atomic E-state index is 13.4. The SMILES string of the molecule is CCC(C)n1nc(-c2cnc(N)c(C(F)(F)F)c2)cc1C1[C@H]2CC(N3CCCOCC3)C[C@@H]12. The molecule has 180 valence electrons. The van der Waals surface area contributed by atoms with Crippen molar-refractivity contribution in [2.24, 2.45) is 11.8 Å². The summed E-state index contributed by atoms with van der Waals surface area (Å²) in [4.78, 5) is 6.40. The summed E-state index contributed by atoms with van der Waals surface area (Å²) in [5.41, 5.74) is 6.63. The van der Waals surface area contributed by atoms with Gasteiger partial charge in [-0.15, -0.1) is 0 Å². The van der Waals surface area contributed by atoms with Crippen molar-refractivity contribution in [3.05, 3.63) is 29.6 Å². The van der Waals surface area contributed by atoms with Gasteiger partial charge in [0, 0.05) is 55.2 Å². The first-order chi connectivity index (χ1) is 15.8. The van der Waals surface area contributed by atoms with Crippen molar-refractivity contribution >= 4 is 5.82 Å². The lowest BCUT2D eigenvalue weighted by Crippen LogP contribution is -2.36. The van der Waals surface area contributed by atoms with Crippen molar-refractivity contribution in [1.82, 2.24) is 19.7 Å². The number of pyridine rings is 1. The molecule has 1 saturated heterocycles. The van der Waals surface area contributed by atoms with Gasteiger partial charge in [-0.2, -0.15) is 18.3 Å². The molecule has 0 amide bonds. The molecule has 2 saturated carbocycles. The maximum atomic E-state index is 13.4. The van der Waals surface area contributed by atoms with Crippen molar-refractivity contribution in [2.75, 3.05) is 32.0 Å². The topological polar surface area (TPSA) is 69.2 Å². The zero-order valence-electron chi connectivity index (χ0n) is 19.2. The van der Waals surface area contributed by atoms with Crippen LogP contribution in [-0.4, -0.2) is 52.0 Å². The Bertz CT molecular complexity index is 986. The number of anilines is 1. The molecule has 3 aliphatic rings. The standard InChI is InChI=1S/C24H32F3N5O/c1-3-14(2)32-21(12-20(30-32)15-9-19(24(25,26)27)23(28)29-13-15)22-17-10-16(11-18(17)22)31-5-4-7-33-8-6-31/h9,12-14,16-18,22H,3-8,10-11H2,1-2H3,(H2,28,29)/t14?,16?,17-,18+,22?. The molecule has 9 heteroatoms. The molecular weight excluding hydrogens is 431 g/mol. The molecule has 0 bridgehead atoms. The fraction of sp³-hybridized carbons (Fsp3) is 0.667. The zero-order chi connectivity index (χ0) is 23.3. The van der Waals surface area contributed by atoms with Crippen molar-refractivity contribution < 1.29 is 17.9 Å². The first-order valence-corrected chi connectivity index (χ1v) is 12.0. The Morgan fingerprint density at radius 1 is 1.18 bits per heavy atom. The lowest BCUT2D eigenvalue weighted by molar-refractivity contribution is -0.137. The average Bonchev–Trinajstić information content (AvgIpc) is 3.12. The van der Waals surface area contributed by atoms with Gasteiger partial charge in [0.2, 0.25) is 0 Å². The summed E-state index contributed by atoms with van der Waals surface area (Å²) in [6.45, 7) is 8.00. The third kappa shape index (κ3) is 4.25. The lowest BCUT2D eigenvalue weighted by Gasteiger charge is -2.28. The van der Waals surface area contributed by atoms with Crippen LogP contribution in [0.25, 0.3) is 11.3 Å². The highest BCUT2D eigenvalue weighted by atomic mass is 19.4. The highest BCUT2D eigenvalue weighted by Gasteiger charge is 2.58. The Balaban J connectivity index is 1.39. The molecule has 5 atom stereocenters. The monoisotopic (exact) mass is 463 g/mol. The van der Waals surface area contributed by atoms with E-state index in [0.29, 0.717) is 35.1 Å². The second kappa shape index (κ2) is 8.58. The van der Waals surface area contributed by atoms with Gasteiger partial charge in [-0.3, -0.25) is 9.58 Å². The van der Waals surface area contributed by atoms with E-state index in [0.717, 1.165) is 50.9 Å². The quantitative estimate of drug-likeness (QED) is 0.694. The first-order valence-electron chi connectivity index (χ1n) is 12.0. The van der Waals surface area contributed by atoms with E-state index in [1.54, 1.807) is 0 Å². The van der Waals surface area contributed by atoms with E-state index < -0.39 is 17.6 Å². The average molecular weight is 464 g/mol. The third-order valence-electron chi connectivity index (χ3n) is 7.83. The molecule has 33 heavy (non-hydrogen) atoms. The predicted octanol–water partition coefficient (Wildman–Crippen LogP) is 4.73. The summed E-state index contributed by atoms with van der Waals surface area (Å²) in [5, 5.41) is 4.76. The molecule has 3 heterocycles. The summed E-state index contributed by atoms with van der Waals surface area (Å²) < 4.78 is 47.7. The summed E-state index contributed by atoms with van der Waals surface area (Å²) in [7, 11) is 0. The van der Waals surface area contributed by atoms with E-state index in [2.05, 4.69) is 23.7 Å². The van der Waals surface area contributed by atoms with Gasteiger partial charge in [0.25, 0.3) is 0 Å². The number of fused-ring (bicyclic) bond motifs is 1. The molecule has 2 aliphatic carbocycles. The first kappa shape index (κ1) is 22.7. The Hall–Kier alpha value is -2.13. The zero-order valence-corrected chi connectivity index (χ0v) is 19.2. The number of aromatic nitrogens is 3. The van der Waals surface area contributed by atoms with Crippen LogP contribution in [0.2, 0.25) is 0 Å². The van der Waals surface area contributed by atoms with Gasteiger partial charge in [-0.25, -0.2) is 4.98 Å². The summed E-state index contributed by atoms with van der Waals surface area (Å²) in [6, 6.07) is 3.85. The largest absolute Gasteiger partial charge is 0.419 e. The van der Waals surface area contributed by atoms with E-state index in [4.69, 9.17) is 15.6 Å². The second-order valence-corrected chi connectivity index (χ2v) is 9.79. The van der Waals surface area contributed by atoms with Crippen LogP contribution in [0.3, 0.4) is 0 Å². The molecule has 5 rings (SSSR count). The van der Waals surface area contributed by atoms with Crippen LogP contribution in [-0.2, 0) is 10.9 Å². The number of nitrogen functional groups attached to an aromatic ring is 1. The molecule has 3 fully saturated rings. The second-order valence-electron chi connectivity index (χ2n) is 9.79. The molecule has 3 unspecified atom stereocenters. The van der Waals surface area contributed by atoms with Gasteiger partial charge in [-0.05, 0) is 56.6 Å². The van der Waals surface area contributed by atoms with Crippen LogP contribution in [0, 0.1) is 11.8 Å². The minimum Gasteiger partial charge on any atom is -0.383 e. The van der Waals surface area contributed by atoms with Crippen molar-refractivity contribution in [2.45, 2.75) is 63.7 Å². The van der Waals surface area contributed by atoms with Crippen LogP contribution in [0.15, 0.2) is 18.3 Å². The molecule has 2 aromatic heterocycles. The minimum absolute atomic E-state index is 0.178. The number of ether oxygens (including phenoxy) is 1. The normalized spacial score (nSPS) is 29.0. The molecule has 6 nitrogen and oxygen atoms in total. The number of hydrogen-bond acceptors (Lipinski definition) is 5.